The number of carbonyl (C=O) groups is 2. The van der Waals surface area contributed by atoms with E-state index in [-0.39, 0.29) is 11.8 Å². The van der Waals surface area contributed by atoms with Crippen molar-refractivity contribution < 1.29 is 14.7 Å². The summed E-state index contributed by atoms with van der Waals surface area (Å²) in [5.41, 5.74) is 0.650. The standard InChI is InChI=1S/C15H21N3O3/c1-12(15(20)21)11-17-7-2-8-18(10-9-17)14(19)13-3-5-16-6-4-13/h3-6,12H,2,7-11H2,1H3,(H,20,21). The largest absolute Gasteiger partial charge is 0.481 e. The first kappa shape index (κ1) is 15.4. The lowest BCUT2D eigenvalue weighted by Crippen LogP contribution is -2.37. The molecule has 1 atom stereocenters. The van der Waals surface area contributed by atoms with E-state index in [0.29, 0.717) is 31.7 Å². The number of carbonyl (C=O) groups excluding carboxylic acids is 1. The quantitative estimate of drug-likeness (QED) is 0.894. The number of pyridine rings is 1. The molecule has 0 radical (unpaired) electrons. The van der Waals surface area contributed by atoms with Gasteiger partial charge < -0.3 is 14.9 Å². The van der Waals surface area contributed by atoms with Crippen molar-refractivity contribution in [2.24, 2.45) is 5.92 Å². The zero-order chi connectivity index (χ0) is 15.2. The van der Waals surface area contributed by atoms with Crippen molar-refractivity contribution in [2.75, 3.05) is 32.7 Å². The Balaban J connectivity index is 1.92. The molecule has 2 rings (SSSR count). The first-order valence-corrected chi connectivity index (χ1v) is 7.22. The highest BCUT2D eigenvalue weighted by Crippen LogP contribution is 2.10. The Bertz CT molecular complexity index is 492. The van der Waals surface area contributed by atoms with Crippen LogP contribution in [0.5, 0.6) is 0 Å². The molecule has 0 aromatic carbocycles. The van der Waals surface area contributed by atoms with Crippen LogP contribution in [0.3, 0.4) is 0 Å². The average molecular weight is 291 g/mol. The number of carboxylic acids is 1. The molecular formula is C15H21N3O3. The first-order valence-electron chi connectivity index (χ1n) is 7.22. The van der Waals surface area contributed by atoms with Crippen molar-refractivity contribution in [3.05, 3.63) is 30.1 Å². The van der Waals surface area contributed by atoms with Crippen molar-refractivity contribution in [1.82, 2.24) is 14.8 Å². The lowest BCUT2D eigenvalue weighted by Gasteiger charge is -2.23. The molecule has 1 aliphatic heterocycles. The average Bonchev–Trinajstić information content (AvgIpc) is 2.73. The van der Waals surface area contributed by atoms with Crippen molar-refractivity contribution in [1.29, 1.82) is 0 Å². The van der Waals surface area contributed by atoms with Gasteiger partial charge in [0.15, 0.2) is 0 Å². The molecular weight excluding hydrogens is 270 g/mol. The Morgan fingerprint density at radius 2 is 1.95 bits per heavy atom. The number of rotatable bonds is 4. The van der Waals surface area contributed by atoms with Crippen LogP contribution in [0.25, 0.3) is 0 Å². The lowest BCUT2D eigenvalue weighted by atomic mass is 10.1. The fraction of sp³-hybridized carbons (Fsp3) is 0.533. The van der Waals surface area contributed by atoms with Crippen LogP contribution in [0.1, 0.15) is 23.7 Å². The number of hydrogen-bond acceptors (Lipinski definition) is 4. The molecule has 21 heavy (non-hydrogen) atoms. The van der Waals surface area contributed by atoms with E-state index in [1.54, 1.807) is 31.5 Å². The van der Waals surface area contributed by atoms with Gasteiger partial charge in [0.05, 0.1) is 5.92 Å². The maximum absolute atomic E-state index is 12.4. The summed E-state index contributed by atoms with van der Waals surface area (Å²) in [4.78, 5) is 31.2. The third kappa shape index (κ3) is 4.26. The van der Waals surface area contributed by atoms with Crippen LogP contribution in [0.2, 0.25) is 0 Å². The van der Waals surface area contributed by atoms with Gasteiger partial charge in [0.1, 0.15) is 0 Å². The summed E-state index contributed by atoms with van der Waals surface area (Å²) in [5.74, 6) is -1.14. The molecule has 1 N–H and O–H groups in total. The van der Waals surface area contributed by atoms with Crippen LogP contribution >= 0.6 is 0 Å². The molecule has 0 bridgehead atoms. The van der Waals surface area contributed by atoms with Gasteiger partial charge in [-0.1, -0.05) is 6.92 Å². The zero-order valence-electron chi connectivity index (χ0n) is 12.2. The number of aromatic nitrogens is 1. The predicted octanol–water partition coefficient (Wildman–Crippen LogP) is 0.950. The molecule has 1 amide bonds. The van der Waals surface area contributed by atoms with E-state index in [1.165, 1.54) is 0 Å². The van der Waals surface area contributed by atoms with E-state index in [4.69, 9.17) is 5.11 Å². The molecule has 2 heterocycles. The van der Waals surface area contributed by atoms with Crippen LogP contribution in [-0.2, 0) is 4.79 Å². The lowest BCUT2D eigenvalue weighted by molar-refractivity contribution is -0.141. The van der Waals surface area contributed by atoms with Crippen LogP contribution in [0.15, 0.2) is 24.5 Å². The van der Waals surface area contributed by atoms with Gasteiger partial charge in [-0.3, -0.25) is 14.6 Å². The third-order valence-electron chi connectivity index (χ3n) is 3.76. The molecule has 0 saturated carbocycles. The van der Waals surface area contributed by atoms with Crippen LogP contribution in [0, 0.1) is 5.92 Å². The topological polar surface area (TPSA) is 73.7 Å². The Kier molecular flexibility index (Phi) is 5.27. The van der Waals surface area contributed by atoms with Crippen LogP contribution in [0.4, 0.5) is 0 Å². The van der Waals surface area contributed by atoms with Gasteiger partial charge in [-0.25, -0.2) is 0 Å². The summed E-state index contributed by atoms with van der Waals surface area (Å²) in [6.45, 7) is 5.14. The van der Waals surface area contributed by atoms with Crippen molar-refractivity contribution >= 4 is 11.9 Å². The van der Waals surface area contributed by atoms with Crippen LogP contribution < -0.4 is 0 Å². The van der Waals surface area contributed by atoms with E-state index >= 15 is 0 Å². The maximum Gasteiger partial charge on any atom is 0.307 e. The Labute approximate surface area is 124 Å². The fourth-order valence-corrected chi connectivity index (χ4v) is 2.50. The Morgan fingerprint density at radius 1 is 1.24 bits per heavy atom. The number of hydrogen-bond donors (Lipinski definition) is 1. The molecule has 1 fully saturated rings. The van der Waals surface area contributed by atoms with Crippen LogP contribution in [-0.4, -0.2) is 64.5 Å². The van der Waals surface area contributed by atoms with E-state index in [9.17, 15) is 9.59 Å². The monoisotopic (exact) mass is 291 g/mol. The van der Waals surface area contributed by atoms with E-state index in [2.05, 4.69) is 9.88 Å². The zero-order valence-corrected chi connectivity index (χ0v) is 12.2. The Hall–Kier alpha value is -1.95. The summed E-state index contributed by atoms with van der Waals surface area (Å²) in [6, 6.07) is 3.44. The smallest absolute Gasteiger partial charge is 0.307 e. The van der Waals surface area contributed by atoms with E-state index in [0.717, 1.165) is 13.0 Å². The number of carboxylic acid groups (broad SMARTS) is 1. The second kappa shape index (κ2) is 7.17. The molecule has 6 heteroatoms. The van der Waals surface area contributed by atoms with Crippen molar-refractivity contribution in [3.63, 3.8) is 0 Å². The van der Waals surface area contributed by atoms with Gasteiger partial charge in [-0.15, -0.1) is 0 Å². The Morgan fingerprint density at radius 3 is 2.62 bits per heavy atom. The van der Waals surface area contributed by atoms with Gasteiger partial charge >= 0.3 is 5.97 Å². The van der Waals surface area contributed by atoms with Gasteiger partial charge in [-0.2, -0.15) is 0 Å². The fourth-order valence-electron chi connectivity index (χ4n) is 2.50. The van der Waals surface area contributed by atoms with Gasteiger partial charge in [0.25, 0.3) is 5.91 Å². The summed E-state index contributed by atoms with van der Waals surface area (Å²) in [6.07, 6.45) is 4.10. The summed E-state index contributed by atoms with van der Waals surface area (Å²) in [5, 5.41) is 8.97. The molecule has 1 aromatic rings. The predicted molar refractivity (Wildman–Crippen MR) is 78.0 cm³/mol. The van der Waals surface area contributed by atoms with Gasteiger partial charge in [0, 0.05) is 44.1 Å². The molecule has 6 nitrogen and oxygen atoms in total. The minimum Gasteiger partial charge on any atom is -0.481 e. The van der Waals surface area contributed by atoms with Crippen molar-refractivity contribution in [3.8, 4) is 0 Å². The highest BCUT2D eigenvalue weighted by Gasteiger charge is 2.22. The molecule has 1 unspecified atom stereocenters. The summed E-state index contributed by atoms with van der Waals surface area (Å²) >= 11 is 0. The number of aliphatic carboxylic acids is 1. The maximum atomic E-state index is 12.4. The molecule has 0 spiro atoms. The highest BCUT2D eigenvalue weighted by atomic mass is 16.4. The number of nitrogens with zero attached hydrogens (tertiary/aromatic N) is 3. The normalized spacial score (nSPS) is 18.0. The second-order valence-electron chi connectivity index (χ2n) is 5.42. The molecule has 1 aliphatic rings. The van der Waals surface area contributed by atoms with E-state index in [1.807, 2.05) is 4.90 Å². The summed E-state index contributed by atoms with van der Waals surface area (Å²) in [7, 11) is 0. The minimum absolute atomic E-state index is 0.0190. The van der Waals surface area contributed by atoms with Crippen molar-refractivity contribution in [2.45, 2.75) is 13.3 Å². The van der Waals surface area contributed by atoms with Gasteiger partial charge in [-0.05, 0) is 25.1 Å². The molecule has 0 aliphatic carbocycles. The third-order valence-corrected chi connectivity index (χ3v) is 3.76. The summed E-state index contributed by atoms with van der Waals surface area (Å²) < 4.78 is 0. The molecule has 1 aromatic heterocycles. The van der Waals surface area contributed by atoms with Gasteiger partial charge in [0.2, 0.25) is 0 Å². The second-order valence-corrected chi connectivity index (χ2v) is 5.42. The van der Waals surface area contributed by atoms with E-state index < -0.39 is 5.97 Å². The molecule has 114 valence electrons. The minimum atomic E-state index is -0.774. The molecule has 1 saturated heterocycles. The SMILES string of the molecule is CC(CN1CCCN(C(=O)c2ccncc2)CC1)C(=O)O. The number of amides is 1. The highest BCUT2D eigenvalue weighted by molar-refractivity contribution is 5.94. The first-order chi connectivity index (χ1) is 10.1.